The van der Waals surface area contributed by atoms with E-state index in [0.29, 0.717) is 25.2 Å². The van der Waals surface area contributed by atoms with Gasteiger partial charge in [-0.25, -0.2) is 4.79 Å². The highest BCUT2D eigenvalue weighted by Crippen LogP contribution is 2.13. The predicted molar refractivity (Wildman–Crippen MR) is 46.1 cm³/mol. The third-order valence-electron chi connectivity index (χ3n) is 1.77. The summed E-state index contributed by atoms with van der Waals surface area (Å²) in [6.07, 6.45) is 2.73. The number of aliphatic imine (C=N–C) groups is 1. The van der Waals surface area contributed by atoms with E-state index in [4.69, 9.17) is 10.3 Å². The molecule has 70 valence electrons. The second-order valence-electron chi connectivity index (χ2n) is 2.69. The Bertz CT molecular complexity index is 279. The Morgan fingerprint density at radius 1 is 1.92 bits per heavy atom. The van der Waals surface area contributed by atoms with Gasteiger partial charge in [-0.2, -0.15) is 0 Å². The molecule has 0 amide bonds. The molecule has 0 unspecified atom stereocenters. The molecule has 13 heavy (non-hydrogen) atoms. The van der Waals surface area contributed by atoms with E-state index >= 15 is 0 Å². The highest BCUT2D eigenvalue weighted by molar-refractivity contribution is 6.29. The van der Waals surface area contributed by atoms with E-state index in [1.165, 1.54) is 6.21 Å². The first kappa shape index (κ1) is 9.61. The molecular formula is C8H12N3O2+. The van der Waals surface area contributed by atoms with E-state index in [-0.39, 0.29) is 12.0 Å². The Hall–Kier alpha value is -1.48. The van der Waals surface area contributed by atoms with Crippen molar-refractivity contribution in [3.05, 3.63) is 0 Å². The molecule has 1 heterocycles. The normalized spacial score (nSPS) is 20.4. The van der Waals surface area contributed by atoms with Crippen molar-refractivity contribution in [2.75, 3.05) is 6.61 Å². The maximum absolute atomic E-state index is 11.2. The monoisotopic (exact) mass is 182 g/mol. The molecule has 1 atom stereocenters. The van der Waals surface area contributed by atoms with Crippen molar-refractivity contribution in [2.45, 2.75) is 25.8 Å². The summed E-state index contributed by atoms with van der Waals surface area (Å²) in [5.74, 6) is -0.282. The lowest BCUT2D eigenvalue weighted by Gasteiger charge is -2.04. The number of carbonyl (C=O) groups is 1. The van der Waals surface area contributed by atoms with Crippen LogP contribution in [0, 0.1) is 5.53 Å². The summed E-state index contributed by atoms with van der Waals surface area (Å²) in [6.45, 7) is 2.15. The molecule has 1 rings (SSSR count). The number of nitrogens with one attached hydrogen (secondary N) is 1. The smallest absolute Gasteiger partial charge is 0.350 e. The van der Waals surface area contributed by atoms with Gasteiger partial charge >= 0.3 is 12.2 Å². The number of hydrogen-bond donors (Lipinski definition) is 1. The highest BCUT2D eigenvalue weighted by Gasteiger charge is 2.26. The van der Waals surface area contributed by atoms with Crippen LogP contribution in [0.3, 0.4) is 0 Å². The van der Waals surface area contributed by atoms with Crippen molar-refractivity contribution in [1.29, 1.82) is 5.53 Å². The first-order valence-electron chi connectivity index (χ1n) is 4.21. The summed E-state index contributed by atoms with van der Waals surface area (Å²) >= 11 is 0. The summed E-state index contributed by atoms with van der Waals surface area (Å²) in [5, 5.41) is 0. The molecule has 0 aromatic heterocycles. The second kappa shape index (κ2) is 4.52. The fraction of sp³-hybridized carbons (Fsp3) is 0.625. The van der Waals surface area contributed by atoms with Crippen LogP contribution in [0.5, 0.6) is 0 Å². The van der Waals surface area contributed by atoms with Gasteiger partial charge in [0.15, 0.2) is 0 Å². The highest BCUT2D eigenvalue weighted by atomic mass is 16.5. The van der Waals surface area contributed by atoms with Crippen LogP contribution in [-0.2, 0) is 9.53 Å². The molecule has 0 aliphatic carbocycles. The van der Waals surface area contributed by atoms with Gasteiger partial charge in [0.1, 0.15) is 11.8 Å². The molecule has 1 aliphatic heterocycles. The quantitative estimate of drug-likeness (QED) is 0.298. The van der Waals surface area contributed by atoms with Gasteiger partial charge in [0.2, 0.25) is 0 Å². The zero-order chi connectivity index (χ0) is 9.68. The molecule has 0 spiro atoms. The second-order valence-corrected chi connectivity index (χ2v) is 2.69. The third-order valence-corrected chi connectivity index (χ3v) is 1.77. The van der Waals surface area contributed by atoms with Gasteiger partial charge in [-0.05, 0) is 19.8 Å². The minimum atomic E-state index is -0.382. The van der Waals surface area contributed by atoms with E-state index in [1.807, 2.05) is 0 Å². The zero-order valence-electron chi connectivity index (χ0n) is 7.49. The number of carbonyl (C=O) groups excluding carboxylic acids is 1. The fourth-order valence-corrected chi connectivity index (χ4v) is 1.20. The molecule has 0 radical (unpaired) electrons. The standard InChI is InChI=1S/C8H12N3O2/c1-2-13-8(12)7-4-3-6(11-7)5-10-9/h5,7,9H,2-4H2,1H3/q+1/t7-/m0/s1. The van der Waals surface area contributed by atoms with Gasteiger partial charge in [-0.3, -0.25) is 4.99 Å². The largest absolute Gasteiger partial charge is 0.464 e. The molecular weight excluding hydrogens is 170 g/mol. The van der Waals surface area contributed by atoms with Crippen molar-refractivity contribution < 1.29 is 14.3 Å². The molecule has 0 aromatic carbocycles. The molecule has 0 saturated carbocycles. The van der Waals surface area contributed by atoms with Crippen molar-refractivity contribution in [2.24, 2.45) is 4.99 Å². The van der Waals surface area contributed by atoms with Crippen LogP contribution in [0.4, 0.5) is 0 Å². The van der Waals surface area contributed by atoms with Gasteiger partial charge in [0, 0.05) is 4.79 Å². The van der Waals surface area contributed by atoms with Crippen molar-refractivity contribution in [1.82, 2.24) is 0 Å². The lowest BCUT2D eigenvalue weighted by atomic mass is 10.2. The predicted octanol–water partition coefficient (Wildman–Crippen LogP) is 0.463. The summed E-state index contributed by atoms with van der Waals surface area (Å²) < 4.78 is 4.81. The third kappa shape index (κ3) is 2.49. The number of nitrogens with zero attached hydrogens (tertiary/aromatic N) is 2. The minimum absolute atomic E-state index is 0.282. The average molecular weight is 182 g/mol. The summed E-state index contributed by atoms with van der Waals surface area (Å²) in [7, 11) is 0. The van der Waals surface area contributed by atoms with Crippen LogP contribution in [0.1, 0.15) is 19.8 Å². The first-order chi connectivity index (χ1) is 6.27. The van der Waals surface area contributed by atoms with E-state index < -0.39 is 0 Å². The van der Waals surface area contributed by atoms with Gasteiger partial charge in [-0.1, -0.05) is 0 Å². The lowest BCUT2D eigenvalue weighted by Crippen LogP contribution is -2.18. The summed E-state index contributed by atoms with van der Waals surface area (Å²) in [4.78, 5) is 18.3. The lowest BCUT2D eigenvalue weighted by molar-refractivity contribution is -0.144. The van der Waals surface area contributed by atoms with Crippen LogP contribution < -0.4 is 0 Å². The topological polar surface area (TPSA) is 76.6 Å². The van der Waals surface area contributed by atoms with Crippen LogP contribution >= 0.6 is 0 Å². The van der Waals surface area contributed by atoms with E-state index in [9.17, 15) is 4.79 Å². The van der Waals surface area contributed by atoms with Crippen molar-refractivity contribution in [3.63, 3.8) is 0 Å². The number of esters is 1. The van der Waals surface area contributed by atoms with Crippen LogP contribution in [0.2, 0.25) is 0 Å². The molecule has 0 aromatic rings. The Morgan fingerprint density at radius 3 is 3.31 bits per heavy atom. The van der Waals surface area contributed by atoms with E-state index in [0.717, 1.165) is 0 Å². The molecule has 0 saturated heterocycles. The van der Waals surface area contributed by atoms with Gasteiger partial charge in [0.05, 0.1) is 12.1 Å². The van der Waals surface area contributed by atoms with Crippen LogP contribution in [0.15, 0.2) is 4.99 Å². The van der Waals surface area contributed by atoms with E-state index in [1.54, 1.807) is 6.92 Å². The maximum Gasteiger partial charge on any atom is 0.350 e. The van der Waals surface area contributed by atoms with Crippen LogP contribution in [0.25, 0.3) is 0 Å². The molecule has 5 heteroatoms. The summed E-state index contributed by atoms with van der Waals surface area (Å²) in [5.41, 5.74) is 7.30. The maximum atomic E-state index is 11.2. The van der Waals surface area contributed by atoms with Crippen molar-refractivity contribution >= 4 is 17.9 Å². The molecule has 0 fully saturated rings. The first-order valence-corrected chi connectivity index (χ1v) is 4.21. The van der Waals surface area contributed by atoms with E-state index in [2.05, 4.69) is 9.78 Å². The SMILES string of the molecule is CCOC(=O)[C@@H]1CCC(C=[N+]=N)=N1. The van der Waals surface area contributed by atoms with Gasteiger partial charge in [0.25, 0.3) is 0 Å². The fourth-order valence-electron chi connectivity index (χ4n) is 1.20. The number of rotatable bonds is 3. The van der Waals surface area contributed by atoms with Gasteiger partial charge < -0.3 is 4.74 Å². The zero-order valence-corrected chi connectivity index (χ0v) is 7.49. The Balaban J connectivity index is 2.56. The average Bonchev–Trinajstić information content (AvgIpc) is 2.54. The Morgan fingerprint density at radius 2 is 2.69 bits per heavy atom. The molecule has 5 nitrogen and oxygen atoms in total. The molecule has 0 bridgehead atoms. The number of hydrogen-bond acceptors (Lipinski definition) is 4. The Kier molecular flexibility index (Phi) is 3.34. The molecule has 1 N–H and O–H groups in total. The minimum Gasteiger partial charge on any atom is -0.464 e. The molecule has 1 aliphatic rings. The van der Waals surface area contributed by atoms with Crippen LogP contribution in [-0.4, -0.2) is 35.3 Å². The van der Waals surface area contributed by atoms with Crippen molar-refractivity contribution in [3.8, 4) is 0 Å². The number of ether oxygens (including phenoxy) is 1. The summed E-state index contributed by atoms with van der Waals surface area (Å²) in [6, 6.07) is -0.382. The van der Waals surface area contributed by atoms with Gasteiger partial charge in [-0.15, -0.1) is 0 Å². The Labute approximate surface area is 76.0 Å².